The Bertz CT molecular complexity index is 120. The van der Waals surface area contributed by atoms with E-state index < -0.39 is 5.97 Å². The lowest BCUT2D eigenvalue weighted by molar-refractivity contribution is -0.344. The Kier molecular flexibility index (Phi) is 4.29. The maximum Gasteiger partial charge on any atom is 0.318 e. The second kappa shape index (κ2) is 4.46. The van der Waals surface area contributed by atoms with Crippen molar-refractivity contribution in [1.82, 2.24) is 0 Å². The highest BCUT2D eigenvalue weighted by molar-refractivity contribution is 5.04. The molecule has 0 aliphatic rings. The van der Waals surface area contributed by atoms with Crippen molar-refractivity contribution in [2.24, 2.45) is 0 Å². The first kappa shape index (κ1) is 10.6. The SMILES string of the molecule is C=C[C](OC)C(O)(OC)OC. The van der Waals surface area contributed by atoms with Gasteiger partial charge in [0.1, 0.15) is 0 Å². The fourth-order valence-electron chi connectivity index (χ4n) is 0.626. The molecule has 0 amide bonds. The molecular weight excluding hydrogens is 148 g/mol. The third-order valence-corrected chi connectivity index (χ3v) is 1.27. The summed E-state index contributed by atoms with van der Waals surface area (Å²) in [7, 11) is 3.98. The Morgan fingerprint density at radius 1 is 1.36 bits per heavy atom. The highest BCUT2D eigenvalue weighted by Crippen LogP contribution is 2.22. The number of aliphatic hydroxyl groups is 1. The van der Waals surface area contributed by atoms with Gasteiger partial charge in [-0.1, -0.05) is 6.58 Å². The van der Waals surface area contributed by atoms with E-state index in [2.05, 4.69) is 16.1 Å². The molecule has 0 atom stereocenters. The molecule has 0 spiro atoms. The Morgan fingerprint density at radius 3 is 1.91 bits per heavy atom. The molecule has 0 rings (SSSR count). The summed E-state index contributed by atoms with van der Waals surface area (Å²) in [5.74, 6) is -1.82. The molecule has 0 aliphatic carbocycles. The summed E-state index contributed by atoms with van der Waals surface area (Å²) in [6.07, 6.45) is 1.43. The molecule has 0 bridgehead atoms. The first-order valence-electron chi connectivity index (χ1n) is 3.01. The third-order valence-electron chi connectivity index (χ3n) is 1.27. The summed E-state index contributed by atoms with van der Waals surface area (Å²) in [5.41, 5.74) is 0. The Labute approximate surface area is 66.4 Å². The lowest BCUT2D eigenvalue weighted by atomic mass is 10.3. The zero-order chi connectivity index (χ0) is 8.91. The monoisotopic (exact) mass is 161 g/mol. The fraction of sp³-hybridized carbons (Fsp3) is 0.571. The van der Waals surface area contributed by atoms with E-state index in [0.29, 0.717) is 0 Å². The van der Waals surface area contributed by atoms with Gasteiger partial charge in [-0.3, -0.25) is 0 Å². The molecule has 11 heavy (non-hydrogen) atoms. The molecule has 1 radical (unpaired) electrons. The molecule has 0 aromatic carbocycles. The quantitative estimate of drug-likeness (QED) is 0.589. The molecule has 1 N–H and O–H groups in total. The molecule has 65 valence electrons. The van der Waals surface area contributed by atoms with Crippen LogP contribution in [0.4, 0.5) is 0 Å². The Morgan fingerprint density at radius 2 is 1.82 bits per heavy atom. The molecule has 0 heterocycles. The molecule has 4 heteroatoms. The van der Waals surface area contributed by atoms with Crippen LogP contribution in [0.2, 0.25) is 0 Å². The number of methoxy groups -OCH3 is 3. The van der Waals surface area contributed by atoms with E-state index >= 15 is 0 Å². The largest absolute Gasteiger partial charge is 0.363 e. The second-order valence-electron chi connectivity index (χ2n) is 1.76. The van der Waals surface area contributed by atoms with Crippen molar-refractivity contribution in [3.63, 3.8) is 0 Å². The molecule has 0 saturated heterocycles. The van der Waals surface area contributed by atoms with Gasteiger partial charge in [-0.25, -0.2) is 0 Å². The highest BCUT2D eigenvalue weighted by Gasteiger charge is 2.37. The van der Waals surface area contributed by atoms with Gasteiger partial charge >= 0.3 is 5.97 Å². The normalized spacial score (nSPS) is 12.1. The van der Waals surface area contributed by atoms with Crippen molar-refractivity contribution in [3.8, 4) is 0 Å². The standard InChI is InChI=1S/C7H13O4/c1-5-6(9-2)7(8,10-3)11-4/h5,8H,1H2,2-4H3. The summed E-state index contributed by atoms with van der Waals surface area (Å²) in [5, 5.41) is 9.41. The van der Waals surface area contributed by atoms with Crippen LogP contribution in [-0.4, -0.2) is 32.4 Å². The molecule has 0 aromatic heterocycles. The Balaban J connectivity index is 4.30. The van der Waals surface area contributed by atoms with Crippen LogP contribution in [0.3, 0.4) is 0 Å². The lowest BCUT2D eigenvalue weighted by Gasteiger charge is -2.28. The molecule has 0 saturated carbocycles. The topological polar surface area (TPSA) is 47.9 Å². The smallest absolute Gasteiger partial charge is 0.318 e. The maximum atomic E-state index is 9.41. The summed E-state index contributed by atoms with van der Waals surface area (Å²) in [4.78, 5) is 0. The van der Waals surface area contributed by atoms with Crippen LogP contribution >= 0.6 is 0 Å². The van der Waals surface area contributed by atoms with Crippen molar-refractivity contribution in [1.29, 1.82) is 0 Å². The van der Waals surface area contributed by atoms with Crippen LogP contribution in [0, 0.1) is 6.10 Å². The number of hydrogen-bond acceptors (Lipinski definition) is 4. The molecule has 0 aromatic rings. The number of hydrogen-bond donors (Lipinski definition) is 1. The minimum absolute atomic E-state index is 0.113. The van der Waals surface area contributed by atoms with Crippen molar-refractivity contribution in [3.05, 3.63) is 18.8 Å². The van der Waals surface area contributed by atoms with Gasteiger partial charge < -0.3 is 19.3 Å². The van der Waals surface area contributed by atoms with Crippen LogP contribution in [0.5, 0.6) is 0 Å². The van der Waals surface area contributed by atoms with Crippen LogP contribution in [0.15, 0.2) is 12.7 Å². The lowest BCUT2D eigenvalue weighted by Crippen LogP contribution is -2.40. The van der Waals surface area contributed by atoms with Crippen LogP contribution in [0.25, 0.3) is 0 Å². The minimum Gasteiger partial charge on any atom is -0.363 e. The molecule has 0 aliphatic heterocycles. The van der Waals surface area contributed by atoms with E-state index in [4.69, 9.17) is 4.74 Å². The van der Waals surface area contributed by atoms with Crippen LogP contribution in [0.1, 0.15) is 0 Å². The van der Waals surface area contributed by atoms with E-state index in [1.807, 2.05) is 0 Å². The molecule has 4 nitrogen and oxygen atoms in total. The minimum atomic E-state index is -1.82. The van der Waals surface area contributed by atoms with E-state index in [1.165, 1.54) is 27.4 Å². The number of rotatable bonds is 5. The highest BCUT2D eigenvalue weighted by atomic mass is 16.8. The van der Waals surface area contributed by atoms with Gasteiger partial charge in [0.2, 0.25) is 6.10 Å². The van der Waals surface area contributed by atoms with E-state index in [1.54, 1.807) is 0 Å². The average Bonchev–Trinajstić information content (AvgIpc) is 2.06. The van der Waals surface area contributed by atoms with Crippen LogP contribution in [-0.2, 0) is 14.2 Å². The zero-order valence-electron chi connectivity index (χ0n) is 6.96. The average molecular weight is 161 g/mol. The summed E-state index contributed by atoms with van der Waals surface area (Å²) in [6, 6.07) is 0. The van der Waals surface area contributed by atoms with Crippen molar-refractivity contribution < 1.29 is 19.3 Å². The van der Waals surface area contributed by atoms with Gasteiger partial charge in [-0.05, 0) is 6.08 Å². The first-order valence-corrected chi connectivity index (χ1v) is 3.01. The van der Waals surface area contributed by atoms with Gasteiger partial charge in [0.25, 0.3) is 0 Å². The van der Waals surface area contributed by atoms with Gasteiger partial charge in [-0.15, -0.1) is 0 Å². The summed E-state index contributed by atoms with van der Waals surface area (Å²) in [6.45, 7) is 3.41. The maximum absolute atomic E-state index is 9.41. The fourth-order valence-corrected chi connectivity index (χ4v) is 0.626. The van der Waals surface area contributed by atoms with Gasteiger partial charge in [0.15, 0.2) is 0 Å². The van der Waals surface area contributed by atoms with Gasteiger partial charge in [0, 0.05) is 21.3 Å². The van der Waals surface area contributed by atoms with Crippen molar-refractivity contribution in [2.45, 2.75) is 5.97 Å². The second-order valence-corrected chi connectivity index (χ2v) is 1.76. The van der Waals surface area contributed by atoms with Crippen molar-refractivity contribution in [2.75, 3.05) is 21.3 Å². The number of ether oxygens (including phenoxy) is 3. The van der Waals surface area contributed by atoms with Gasteiger partial charge in [-0.2, -0.15) is 0 Å². The third kappa shape index (κ3) is 2.27. The van der Waals surface area contributed by atoms with E-state index in [9.17, 15) is 5.11 Å². The summed E-state index contributed by atoms with van der Waals surface area (Å²) >= 11 is 0. The van der Waals surface area contributed by atoms with Crippen LogP contribution < -0.4 is 0 Å². The first-order chi connectivity index (χ1) is 5.14. The Hall–Kier alpha value is -0.420. The van der Waals surface area contributed by atoms with Crippen molar-refractivity contribution >= 4 is 0 Å². The molecule has 0 fully saturated rings. The van der Waals surface area contributed by atoms with Gasteiger partial charge in [0.05, 0.1) is 0 Å². The predicted molar refractivity (Wildman–Crippen MR) is 39.4 cm³/mol. The van der Waals surface area contributed by atoms with E-state index in [-0.39, 0.29) is 6.10 Å². The zero-order valence-corrected chi connectivity index (χ0v) is 6.96. The molecule has 0 unspecified atom stereocenters. The summed E-state index contributed by atoms with van der Waals surface area (Å²) < 4.78 is 14.0. The molecular formula is C7H13O4. The predicted octanol–water partition coefficient (Wildman–Crippen LogP) is 0.290. The van der Waals surface area contributed by atoms with E-state index in [0.717, 1.165) is 0 Å².